The Kier molecular flexibility index (Phi) is 5.35. The number of halogens is 2. The van der Waals surface area contributed by atoms with E-state index in [4.69, 9.17) is 12.2 Å². The summed E-state index contributed by atoms with van der Waals surface area (Å²) in [5, 5.41) is 0. The van der Waals surface area contributed by atoms with E-state index in [-0.39, 0.29) is 5.82 Å². The zero-order valence-electron chi connectivity index (χ0n) is 11.7. The van der Waals surface area contributed by atoms with Gasteiger partial charge < -0.3 is 14.5 Å². The number of nitrogens with zero attached hydrogens (tertiary/aromatic N) is 2. The van der Waals surface area contributed by atoms with E-state index < -0.39 is 0 Å². The minimum Gasteiger partial charge on any atom is -0.331 e. The molecular formula is C14H19BrFN3S. The number of nitrogens with one attached hydrogen (secondary N) is 1. The van der Waals surface area contributed by atoms with Gasteiger partial charge in [-0.25, -0.2) is 4.39 Å². The topological polar surface area (TPSA) is 24.0 Å². The van der Waals surface area contributed by atoms with Crippen LogP contribution >= 0.6 is 28.1 Å². The van der Waals surface area contributed by atoms with Crippen molar-refractivity contribution in [3.8, 4) is 0 Å². The minimum atomic E-state index is -0.260. The van der Waals surface area contributed by atoms with Gasteiger partial charge >= 0.3 is 0 Å². The van der Waals surface area contributed by atoms with Crippen LogP contribution in [0.15, 0.2) is 16.6 Å². The van der Waals surface area contributed by atoms with Crippen LogP contribution in [0.5, 0.6) is 0 Å². The van der Waals surface area contributed by atoms with Gasteiger partial charge in [-0.2, -0.15) is 0 Å². The Morgan fingerprint density at radius 2 is 2.05 bits per heavy atom. The predicted molar refractivity (Wildman–Crippen MR) is 87.2 cm³/mol. The van der Waals surface area contributed by atoms with Crippen molar-refractivity contribution in [2.45, 2.75) is 26.8 Å². The zero-order valence-corrected chi connectivity index (χ0v) is 14.2. The van der Waals surface area contributed by atoms with Crippen LogP contribution in [0.1, 0.15) is 20.3 Å². The fraction of sp³-hybridized carbons (Fsp3) is 0.500. The van der Waals surface area contributed by atoms with Gasteiger partial charge in [0.15, 0.2) is 4.77 Å². The maximum absolute atomic E-state index is 13.7. The number of imidazole rings is 1. The van der Waals surface area contributed by atoms with Crippen molar-refractivity contribution in [1.82, 2.24) is 14.5 Å². The Bertz CT molecular complexity index is 646. The van der Waals surface area contributed by atoms with Gasteiger partial charge in [0, 0.05) is 12.6 Å². The molecule has 2 rings (SSSR count). The highest BCUT2D eigenvalue weighted by atomic mass is 79.9. The second-order valence-electron chi connectivity index (χ2n) is 4.75. The third-order valence-electron chi connectivity index (χ3n) is 3.57. The summed E-state index contributed by atoms with van der Waals surface area (Å²) in [5.41, 5.74) is 1.70. The molecule has 110 valence electrons. The molecule has 0 saturated carbocycles. The lowest BCUT2D eigenvalue weighted by molar-refractivity contribution is 0.293. The molecule has 0 aliphatic rings. The first-order chi connectivity index (χ1) is 9.56. The Balaban J connectivity index is 2.19. The van der Waals surface area contributed by atoms with E-state index in [1.165, 1.54) is 6.07 Å². The summed E-state index contributed by atoms with van der Waals surface area (Å²) in [6, 6.07) is 3.27. The fourth-order valence-electron chi connectivity index (χ4n) is 2.37. The number of rotatable bonds is 6. The van der Waals surface area contributed by atoms with Crippen molar-refractivity contribution < 1.29 is 4.39 Å². The summed E-state index contributed by atoms with van der Waals surface area (Å²) >= 11 is 8.53. The number of aromatic nitrogens is 2. The van der Waals surface area contributed by atoms with E-state index in [9.17, 15) is 4.39 Å². The average Bonchev–Trinajstić information content (AvgIpc) is 2.71. The van der Waals surface area contributed by atoms with Crippen molar-refractivity contribution in [3.63, 3.8) is 0 Å². The van der Waals surface area contributed by atoms with Crippen LogP contribution in [0.2, 0.25) is 0 Å². The van der Waals surface area contributed by atoms with Crippen molar-refractivity contribution in [2.24, 2.45) is 0 Å². The highest BCUT2D eigenvalue weighted by Gasteiger charge is 2.09. The number of hydrogen-bond acceptors (Lipinski definition) is 2. The molecule has 0 fully saturated rings. The second-order valence-corrected chi connectivity index (χ2v) is 5.99. The van der Waals surface area contributed by atoms with Gasteiger partial charge in [0.25, 0.3) is 0 Å². The van der Waals surface area contributed by atoms with Gasteiger partial charge in [-0.3, -0.25) is 0 Å². The molecule has 0 aliphatic heterocycles. The standard InChI is InChI=1S/C14H19BrFN3S/c1-3-18(4-2)6-5-7-19-13-9-11(16)10(15)8-12(13)17-14(19)20/h8-9H,3-7H2,1-2H3,(H,17,20). The van der Waals surface area contributed by atoms with Gasteiger partial charge in [-0.15, -0.1) is 0 Å². The maximum atomic E-state index is 13.7. The molecule has 0 amide bonds. The molecule has 20 heavy (non-hydrogen) atoms. The third-order valence-corrected chi connectivity index (χ3v) is 4.50. The second kappa shape index (κ2) is 6.83. The molecule has 0 atom stereocenters. The SMILES string of the molecule is CCN(CC)CCCn1c(=S)[nH]c2cc(Br)c(F)cc21. The summed E-state index contributed by atoms with van der Waals surface area (Å²) < 4.78 is 16.8. The van der Waals surface area contributed by atoms with E-state index in [1.54, 1.807) is 6.07 Å². The smallest absolute Gasteiger partial charge is 0.178 e. The summed E-state index contributed by atoms with van der Waals surface area (Å²) in [4.78, 5) is 5.50. The lowest BCUT2D eigenvalue weighted by atomic mass is 10.3. The van der Waals surface area contributed by atoms with Crippen molar-refractivity contribution in [1.29, 1.82) is 0 Å². The third kappa shape index (κ3) is 3.30. The molecule has 0 saturated heterocycles. The highest BCUT2D eigenvalue weighted by Crippen LogP contribution is 2.23. The number of H-pyrrole nitrogens is 1. The number of aryl methyl sites for hydroxylation is 1. The molecular weight excluding hydrogens is 341 g/mol. The van der Waals surface area contributed by atoms with Crippen LogP contribution in [-0.2, 0) is 6.54 Å². The van der Waals surface area contributed by atoms with E-state index in [0.717, 1.165) is 43.6 Å². The molecule has 0 aliphatic carbocycles. The van der Waals surface area contributed by atoms with E-state index in [1.807, 2.05) is 4.57 Å². The summed E-state index contributed by atoms with van der Waals surface area (Å²) in [5.74, 6) is -0.260. The molecule has 6 heteroatoms. The van der Waals surface area contributed by atoms with Crippen LogP contribution in [-0.4, -0.2) is 34.1 Å². The van der Waals surface area contributed by atoms with Crippen LogP contribution < -0.4 is 0 Å². The monoisotopic (exact) mass is 359 g/mol. The summed E-state index contributed by atoms with van der Waals surface area (Å²) in [7, 11) is 0. The average molecular weight is 360 g/mol. The van der Waals surface area contributed by atoms with Crippen LogP contribution in [0.3, 0.4) is 0 Å². The van der Waals surface area contributed by atoms with Gasteiger partial charge in [0.05, 0.1) is 15.5 Å². The first-order valence-corrected chi connectivity index (χ1v) is 8.06. The van der Waals surface area contributed by atoms with Crippen LogP contribution in [0.25, 0.3) is 11.0 Å². The molecule has 1 aromatic heterocycles. The Morgan fingerprint density at radius 3 is 2.70 bits per heavy atom. The largest absolute Gasteiger partial charge is 0.331 e. The molecule has 1 N–H and O–H groups in total. The predicted octanol–water partition coefficient (Wildman–Crippen LogP) is 4.33. The molecule has 1 aromatic carbocycles. The number of fused-ring (bicyclic) bond motifs is 1. The van der Waals surface area contributed by atoms with Gasteiger partial charge in [-0.05, 0) is 60.3 Å². The zero-order chi connectivity index (χ0) is 14.7. The van der Waals surface area contributed by atoms with Gasteiger partial charge in [-0.1, -0.05) is 13.8 Å². The molecule has 0 bridgehead atoms. The fourth-order valence-corrected chi connectivity index (χ4v) is 3.01. The summed E-state index contributed by atoms with van der Waals surface area (Å²) in [6.07, 6.45) is 1.00. The number of benzene rings is 1. The number of hydrogen-bond donors (Lipinski definition) is 1. The molecule has 0 radical (unpaired) electrons. The molecule has 2 aromatic rings. The maximum Gasteiger partial charge on any atom is 0.178 e. The van der Waals surface area contributed by atoms with Gasteiger partial charge in [0.1, 0.15) is 5.82 Å². The Morgan fingerprint density at radius 1 is 1.35 bits per heavy atom. The van der Waals surface area contributed by atoms with E-state index >= 15 is 0 Å². The van der Waals surface area contributed by atoms with Crippen LogP contribution in [0, 0.1) is 10.6 Å². The lowest BCUT2D eigenvalue weighted by Crippen LogP contribution is -2.24. The van der Waals surface area contributed by atoms with Crippen molar-refractivity contribution in [3.05, 3.63) is 27.2 Å². The summed E-state index contributed by atoms with van der Waals surface area (Å²) in [6.45, 7) is 8.26. The van der Waals surface area contributed by atoms with Crippen molar-refractivity contribution >= 4 is 39.2 Å². The normalized spacial score (nSPS) is 11.7. The quantitative estimate of drug-likeness (QED) is 0.776. The Labute approximate surface area is 131 Å². The van der Waals surface area contributed by atoms with Crippen molar-refractivity contribution in [2.75, 3.05) is 19.6 Å². The van der Waals surface area contributed by atoms with Crippen LogP contribution in [0.4, 0.5) is 4.39 Å². The van der Waals surface area contributed by atoms with Gasteiger partial charge in [0.2, 0.25) is 0 Å². The van der Waals surface area contributed by atoms with E-state index in [0.29, 0.717) is 9.24 Å². The lowest BCUT2D eigenvalue weighted by Gasteiger charge is -2.17. The van der Waals surface area contributed by atoms with E-state index in [2.05, 4.69) is 39.7 Å². The first kappa shape index (κ1) is 15.7. The first-order valence-electron chi connectivity index (χ1n) is 6.86. The highest BCUT2D eigenvalue weighted by molar-refractivity contribution is 9.10. The number of aromatic amines is 1. The Hall–Kier alpha value is -0.720. The molecule has 1 heterocycles. The molecule has 0 unspecified atom stereocenters. The molecule has 0 spiro atoms. The minimum absolute atomic E-state index is 0.260. The molecule has 3 nitrogen and oxygen atoms in total.